The maximum Gasteiger partial charge on any atom is 0.251 e. The van der Waals surface area contributed by atoms with Crippen LogP contribution in [0.2, 0.25) is 0 Å². The van der Waals surface area contributed by atoms with E-state index >= 15 is 0 Å². The van der Waals surface area contributed by atoms with Crippen molar-refractivity contribution in [2.75, 3.05) is 26.2 Å². The molecule has 0 spiro atoms. The van der Waals surface area contributed by atoms with Crippen molar-refractivity contribution in [2.24, 2.45) is 11.8 Å². The fraction of sp³-hybridized carbons (Fsp3) is 0.632. The molecular formula is C19H29N3O3S. The lowest BCUT2D eigenvalue weighted by molar-refractivity contribution is 0.0930. The van der Waals surface area contributed by atoms with Crippen molar-refractivity contribution in [3.63, 3.8) is 0 Å². The van der Waals surface area contributed by atoms with Gasteiger partial charge in [0.05, 0.1) is 4.90 Å². The number of nitrogens with one attached hydrogen (secondary N) is 2. The van der Waals surface area contributed by atoms with Gasteiger partial charge in [0.15, 0.2) is 0 Å². The number of carbonyl (C=O) groups excluding carboxylic acids is 1. The molecule has 2 N–H and O–H groups in total. The summed E-state index contributed by atoms with van der Waals surface area (Å²) in [4.78, 5) is 12.7. The Bertz CT molecular complexity index is 734. The third-order valence-electron chi connectivity index (χ3n) is 5.20. The zero-order valence-corrected chi connectivity index (χ0v) is 16.4. The molecule has 7 heteroatoms. The van der Waals surface area contributed by atoms with E-state index in [1.807, 2.05) is 0 Å². The number of piperidine rings is 2. The summed E-state index contributed by atoms with van der Waals surface area (Å²) in [5.74, 6) is 0.480. The van der Waals surface area contributed by atoms with Gasteiger partial charge in [0.2, 0.25) is 10.0 Å². The lowest BCUT2D eigenvalue weighted by atomic mass is 9.94. The van der Waals surface area contributed by atoms with Gasteiger partial charge in [-0.1, -0.05) is 19.9 Å². The maximum atomic E-state index is 13.0. The zero-order chi connectivity index (χ0) is 18.7. The number of benzene rings is 1. The Morgan fingerprint density at radius 2 is 1.96 bits per heavy atom. The minimum atomic E-state index is -3.58. The number of nitrogens with zero attached hydrogens (tertiary/aromatic N) is 1. The Balaban J connectivity index is 1.76. The molecule has 1 aromatic carbocycles. The number of sulfonamides is 1. The number of hydrogen-bond donors (Lipinski definition) is 2. The van der Waals surface area contributed by atoms with E-state index in [0.717, 1.165) is 32.4 Å². The van der Waals surface area contributed by atoms with Gasteiger partial charge >= 0.3 is 0 Å². The Labute approximate surface area is 156 Å². The Morgan fingerprint density at radius 3 is 2.62 bits per heavy atom. The van der Waals surface area contributed by atoms with Gasteiger partial charge in [-0.3, -0.25) is 4.79 Å². The van der Waals surface area contributed by atoms with E-state index in [1.54, 1.807) is 22.5 Å². The summed E-state index contributed by atoms with van der Waals surface area (Å²) in [6.45, 7) is 6.98. The lowest BCUT2D eigenvalue weighted by Gasteiger charge is -2.34. The predicted octanol–water partition coefficient (Wildman–Crippen LogP) is 1.83. The summed E-state index contributed by atoms with van der Waals surface area (Å²) in [7, 11) is -3.58. The molecule has 0 saturated carbocycles. The first-order valence-electron chi connectivity index (χ1n) is 9.48. The van der Waals surface area contributed by atoms with Gasteiger partial charge in [-0.05, 0) is 55.8 Å². The highest BCUT2D eigenvalue weighted by atomic mass is 32.2. The summed E-state index contributed by atoms with van der Waals surface area (Å²) in [5.41, 5.74) is 0.398. The van der Waals surface area contributed by atoms with Gasteiger partial charge in [0.1, 0.15) is 0 Å². The quantitative estimate of drug-likeness (QED) is 0.837. The number of hydrogen-bond acceptors (Lipinski definition) is 4. The van der Waals surface area contributed by atoms with Crippen LogP contribution in [0.5, 0.6) is 0 Å². The second-order valence-corrected chi connectivity index (χ2v) is 9.75. The number of carbonyl (C=O) groups is 1. The first-order chi connectivity index (χ1) is 12.4. The van der Waals surface area contributed by atoms with Crippen LogP contribution < -0.4 is 10.6 Å². The molecule has 2 aliphatic rings. The van der Waals surface area contributed by atoms with Gasteiger partial charge in [-0.2, -0.15) is 4.31 Å². The topological polar surface area (TPSA) is 78.5 Å². The van der Waals surface area contributed by atoms with Crippen LogP contribution in [0, 0.1) is 11.8 Å². The van der Waals surface area contributed by atoms with Crippen molar-refractivity contribution < 1.29 is 13.2 Å². The monoisotopic (exact) mass is 379 g/mol. The highest BCUT2D eigenvalue weighted by molar-refractivity contribution is 7.89. The molecule has 2 saturated heterocycles. The van der Waals surface area contributed by atoms with Crippen molar-refractivity contribution in [1.82, 2.24) is 14.9 Å². The number of rotatable bonds is 4. The molecule has 3 rings (SSSR count). The van der Waals surface area contributed by atoms with Crippen LogP contribution >= 0.6 is 0 Å². The summed E-state index contributed by atoms with van der Waals surface area (Å²) in [6.07, 6.45) is 3.02. The molecule has 26 heavy (non-hydrogen) atoms. The van der Waals surface area contributed by atoms with Crippen LogP contribution in [0.3, 0.4) is 0 Å². The van der Waals surface area contributed by atoms with Crippen LogP contribution in [-0.4, -0.2) is 50.9 Å². The molecule has 0 radical (unpaired) electrons. The van der Waals surface area contributed by atoms with Gasteiger partial charge in [-0.25, -0.2) is 8.42 Å². The van der Waals surface area contributed by atoms with E-state index in [9.17, 15) is 13.2 Å². The zero-order valence-electron chi connectivity index (χ0n) is 15.6. The average molecular weight is 380 g/mol. The molecule has 144 valence electrons. The van der Waals surface area contributed by atoms with Crippen LogP contribution in [-0.2, 0) is 10.0 Å². The third-order valence-corrected chi connectivity index (χ3v) is 7.03. The van der Waals surface area contributed by atoms with E-state index in [0.29, 0.717) is 30.5 Å². The van der Waals surface area contributed by atoms with E-state index in [2.05, 4.69) is 24.5 Å². The first-order valence-corrected chi connectivity index (χ1v) is 10.9. The smallest absolute Gasteiger partial charge is 0.251 e. The Kier molecular flexibility index (Phi) is 5.99. The van der Waals surface area contributed by atoms with Crippen LogP contribution in [0.4, 0.5) is 0 Å². The minimum absolute atomic E-state index is 0.0975. The van der Waals surface area contributed by atoms with E-state index in [-0.39, 0.29) is 16.8 Å². The molecule has 0 aliphatic carbocycles. The van der Waals surface area contributed by atoms with E-state index in [4.69, 9.17) is 0 Å². The first kappa shape index (κ1) is 19.3. The standard InChI is InChI=1S/C19H29N3O3S/c1-14-9-15(2)13-22(12-14)26(24,25)18-7-3-5-16(10-18)19(23)21-17-6-4-8-20-11-17/h3,5,7,10,14-15,17,20H,4,6,8-9,11-13H2,1-2H3,(H,21,23). The van der Waals surface area contributed by atoms with Crippen LogP contribution in [0.15, 0.2) is 29.2 Å². The Morgan fingerprint density at radius 1 is 1.23 bits per heavy atom. The van der Waals surface area contributed by atoms with Gasteiger partial charge in [-0.15, -0.1) is 0 Å². The molecule has 1 aromatic rings. The van der Waals surface area contributed by atoms with E-state index in [1.165, 1.54) is 6.07 Å². The van der Waals surface area contributed by atoms with Gasteiger partial charge in [0.25, 0.3) is 5.91 Å². The van der Waals surface area contributed by atoms with Crippen molar-refractivity contribution in [1.29, 1.82) is 0 Å². The van der Waals surface area contributed by atoms with E-state index < -0.39 is 10.0 Å². The molecule has 6 nitrogen and oxygen atoms in total. The van der Waals surface area contributed by atoms with Gasteiger partial charge < -0.3 is 10.6 Å². The molecule has 0 bridgehead atoms. The summed E-state index contributed by atoms with van der Waals surface area (Å²) >= 11 is 0. The molecule has 0 aromatic heterocycles. The largest absolute Gasteiger partial charge is 0.348 e. The van der Waals surface area contributed by atoms with Crippen molar-refractivity contribution in [2.45, 2.75) is 44.0 Å². The molecule has 2 fully saturated rings. The fourth-order valence-electron chi connectivity index (χ4n) is 3.99. The summed E-state index contributed by atoms with van der Waals surface area (Å²) < 4.78 is 27.6. The minimum Gasteiger partial charge on any atom is -0.348 e. The average Bonchev–Trinajstić information content (AvgIpc) is 2.62. The highest BCUT2D eigenvalue weighted by Crippen LogP contribution is 2.27. The lowest BCUT2D eigenvalue weighted by Crippen LogP contribution is -2.45. The third kappa shape index (κ3) is 4.45. The van der Waals surface area contributed by atoms with Crippen molar-refractivity contribution in [3.05, 3.63) is 29.8 Å². The maximum absolute atomic E-state index is 13.0. The second kappa shape index (κ2) is 8.06. The highest BCUT2D eigenvalue weighted by Gasteiger charge is 2.32. The van der Waals surface area contributed by atoms with Crippen molar-refractivity contribution in [3.8, 4) is 0 Å². The van der Waals surface area contributed by atoms with Crippen LogP contribution in [0.1, 0.15) is 43.5 Å². The molecule has 2 heterocycles. The fourth-order valence-corrected chi connectivity index (χ4v) is 5.72. The van der Waals surface area contributed by atoms with Gasteiger partial charge in [0, 0.05) is 31.2 Å². The summed E-state index contributed by atoms with van der Waals surface area (Å²) in [5, 5.41) is 6.26. The molecule has 3 unspecified atom stereocenters. The predicted molar refractivity (Wildman–Crippen MR) is 102 cm³/mol. The second-order valence-electron chi connectivity index (χ2n) is 7.81. The molecular weight excluding hydrogens is 350 g/mol. The SMILES string of the molecule is CC1CC(C)CN(S(=O)(=O)c2cccc(C(=O)NC3CCCNC3)c2)C1. The van der Waals surface area contributed by atoms with Crippen molar-refractivity contribution >= 4 is 15.9 Å². The van der Waals surface area contributed by atoms with Crippen LogP contribution in [0.25, 0.3) is 0 Å². The molecule has 2 aliphatic heterocycles. The molecule has 1 amide bonds. The normalized spacial score (nSPS) is 27.8. The Hall–Kier alpha value is -1.44. The molecule has 3 atom stereocenters. The summed E-state index contributed by atoms with van der Waals surface area (Å²) in [6, 6.07) is 6.51. The number of amides is 1.